The molecule has 36 heavy (non-hydrogen) atoms. The zero-order chi connectivity index (χ0) is 25.5. The van der Waals surface area contributed by atoms with E-state index in [1.165, 1.54) is 35.4 Å². The molecule has 0 spiro atoms. The molecule has 1 aliphatic heterocycles. The lowest BCUT2D eigenvalue weighted by Gasteiger charge is -2.22. The molecular formula is C29H38N2O4S. The summed E-state index contributed by atoms with van der Waals surface area (Å²) < 4.78 is 34.0. The van der Waals surface area contributed by atoms with Gasteiger partial charge in [0.2, 0.25) is 0 Å². The number of para-hydroxylation sites is 1. The van der Waals surface area contributed by atoms with Crippen molar-refractivity contribution in [2.75, 3.05) is 19.8 Å². The Morgan fingerprint density at radius 2 is 1.61 bits per heavy atom. The molecule has 6 nitrogen and oxygen atoms in total. The highest BCUT2D eigenvalue weighted by Crippen LogP contribution is 2.38. The zero-order valence-corrected chi connectivity index (χ0v) is 22.2. The summed E-state index contributed by atoms with van der Waals surface area (Å²) in [7, 11) is -3.78. The van der Waals surface area contributed by atoms with Gasteiger partial charge in [-0.1, -0.05) is 51.3 Å². The van der Waals surface area contributed by atoms with Crippen molar-refractivity contribution in [3.05, 3.63) is 65.9 Å². The summed E-state index contributed by atoms with van der Waals surface area (Å²) in [6, 6.07) is 14.0. The van der Waals surface area contributed by atoms with Crippen LogP contribution in [0.2, 0.25) is 0 Å². The molecular weight excluding hydrogens is 472 g/mol. The summed E-state index contributed by atoms with van der Waals surface area (Å²) in [5.74, 6) is 0.649. The van der Waals surface area contributed by atoms with Crippen LogP contribution in [-0.2, 0) is 14.8 Å². The quantitative estimate of drug-likeness (QED) is 0.434. The number of carbonyl (C=O) groups excluding carboxylic acids is 1. The fraction of sp³-hybridized carbons (Fsp3) is 0.483. The van der Waals surface area contributed by atoms with Crippen LogP contribution >= 0.6 is 0 Å². The molecule has 2 aromatic carbocycles. The molecule has 2 heterocycles. The van der Waals surface area contributed by atoms with Crippen molar-refractivity contribution >= 4 is 26.8 Å². The normalized spacial score (nSPS) is 17.4. The highest BCUT2D eigenvalue weighted by atomic mass is 32.2. The van der Waals surface area contributed by atoms with Crippen molar-refractivity contribution in [2.24, 2.45) is 5.92 Å². The summed E-state index contributed by atoms with van der Waals surface area (Å²) in [4.78, 5) is 12.8. The first-order valence-electron chi connectivity index (χ1n) is 13.4. The Bertz CT molecular complexity index is 1250. The van der Waals surface area contributed by atoms with Gasteiger partial charge in [-0.3, -0.25) is 4.79 Å². The number of nitrogens with one attached hydrogen (secondary N) is 1. The van der Waals surface area contributed by atoms with Gasteiger partial charge in [0, 0.05) is 36.9 Å². The monoisotopic (exact) mass is 510 g/mol. The molecule has 5 rings (SSSR count). The summed E-state index contributed by atoms with van der Waals surface area (Å²) in [6.45, 7) is 6.09. The Kier molecular flexibility index (Phi) is 8.86. The van der Waals surface area contributed by atoms with E-state index in [0.717, 1.165) is 49.8 Å². The maximum absolute atomic E-state index is 13.6. The third kappa shape index (κ3) is 5.68. The van der Waals surface area contributed by atoms with Crippen LogP contribution in [0.3, 0.4) is 0 Å². The molecule has 0 bridgehead atoms. The van der Waals surface area contributed by atoms with Crippen LogP contribution in [-0.4, -0.2) is 38.1 Å². The fourth-order valence-electron chi connectivity index (χ4n) is 5.29. The minimum Gasteiger partial charge on any atom is -0.381 e. The highest BCUT2D eigenvalue weighted by Gasteiger charge is 2.25. The van der Waals surface area contributed by atoms with Crippen LogP contribution in [0, 0.1) is 5.92 Å². The predicted molar refractivity (Wildman–Crippen MR) is 144 cm³/mol. The Labute approximate surface area is 215 Å². The van der Waals surface area contributed by atoms with Crippen molar-refractivity contribution in [3.8, 4) is 0 Å². The maximum atomic E-state index is 13.6. The number of aromatic nitrogens is 1. The van der Waals surface area contributed by atoms with E-state index in [1.54, 1.807) is 12.1 Å². The van der Waals surface area contributed by atoms with E-state index in [9.17, 15) is 13.2 Å². The van der Waals surface area contributed by atoms with Gasteiger partial charge in [-0.05, 0) is 73.4 Å². The topological polar surface area (TPSA) is 77.4 Å². The number of amides is 1. The fourth-order valence-corrected chi connectivity index (χ4v) is 6.67. The molecule has 2 aliphatic rings. The number of rotatable bonds is 6. The standard InChI is InChI=1S/C27H32N2O4S.C2H6/c30-27(28-18-20-14-16-33-17-15-20)22-10-12-23(13-11-22)34(31,32)29-19-25(21-6-2-1-3-7-21)24-8-4-5-9-26(24)29;1-2/h4-5,8-13,19-21H,1-3,6-7,14-18H2,(H,28,30);1-2H3. The van der Waals surface area contributed by atoms with Crippen molar-refractivity contribution in [1.29, 1.82) is 0 Å². The average Bonchev–Trinajstić information content (AvgIpc) is 3.35. The van der Waals surface area contributed by atoms with Crippen molar-refractivity contribution < 1.29 is 17.9 Å². The Morgan fingerprint density at radius 1 is 0.944 bits per heavy atom. The third-order valence-corrected chi connectivity index (χ3v) is 9.01. The first-order valence-corrected chi connectivity index (χ1v) is 14.8. The number of nitrogens with zero attached hydrogens (tertiary/aromatic N) is 1. The Balaban J connectivity index is 0.00000148. The molecule has 1 aliphatic carbocycles. The molecule has 1 N–H and O–H groups in total. The van der Waals surface area contributed by atoms with Gasteiger partial charge in [-0.25, -0.2) is 12.4 Å². The summed E-state index contributed by atoms with van der Waals surface area (Å²) in [5.41, 5.74) is 2.30. The van der Waals surface area contributed by atoms with Crippen molar-refractivity contribution in [3.63, 3.8) is 0 Å². The van der Waals surface area contributed by atoms with E-state index in [0.29, 0.717) is 29.5 Å². The largest absolute Gasteiger partial charge is 0.381 e. The number of fused-ring (bicyclic) bond motifs is 1. The number of ether oxygens (including phenoxy) is 1. The lowest BCUT2D eigenvalue weighted by atomic mass is 9.84. The van der Waals surface area contributed by atoms with Gasteiger partial charge in [0.05, 0.1) is 10.4 Å². The van der Waals surface area contributed by atoms with Gasteiger partial charge in [-0.15, -0.1) is 0 Å². The molecule has 2 fully saturated rings. The van der Waals surface area contributed by atoms with Gasteiger partial charge in [0.1, 0.15) is 0 Å². The Hall–Kier alpha value is -2.64. The zero-order valence-electron chi connectivity index (χ0n) is 21.4. The van der Waals surface area contributed by atoms with Crippen LogP contribution in [0.1, 0.15) is 80.6 Å². The molecule has 0 radical (unpaired) electrons. The first kappa shape index (κ1) is 26.4. The SMILES string of the molecule is CC.O=C(NCC1CCOCC1)c1ccc(S(=O)(=O)n2cc(C3CCCCC3)c3ccccc32)cc1. The van der Waals surface area contributed by atoms with Crippen LogP contribution in [0.4, 0.5) is 0 Å². The smallest absolute Gasteiger partial charge is 0.268 e. The molecule has 1 amide bonds. The van der Waals surface area contributed by atoms with Gasteiger partial charge in [0.15, 0.2) is 0 Å². The molecule has 1 saturated heterocycles. The molecule has 7 heteroatoms. The third-order valence-electron chi connectivity index (χ3n) is 7.32. The molecule has 194 valence electrons. The summed E-state index contributed by atoms with van der Waals surface area (Å²) >= 11 is 0. The molecule has 3 aromatic rings. The van der Waals surface area contributed by atoms with Gasteiger partial charge in [-0.2, -0.15) is 0 Å². The summed E-state index contributed by atoms with van der Waals surface area (Å²) in [5, 5.41) is 3.99. The Morgan fingerprint density at radius 3 is 2.31 bits per heavy atom. The predicted octanol–water partition coefficient (Wildman–Crippen LogP) is 6.11. The van der Waals surface area contributed by atoms with Crippen molar-refractivity contribution in [1.82, 2.24) is 9.29 Å². The van der Waals surface area contributed by atoms with E-state index in [-0.39, 0.29) is 10.8 Å². The minimum atomic E-state index is -3.78. The number of benzene rings is 2. The van der Waals surface area contributed by atoms with Crippen molar-refractivity contribution in [2.45, 2.75) is 69.6 Å². The molecule has 1 aromatic heterocycles. The molecule has 1 saturated carbocycles. The number of hydrogen-bond donors (Lipinski definition) is 1. The number of hydrogen-bond acceptors (Lipinski definition) is 4. The van der Waals surface area contributed by atoms with Gasteiger partial charge in [0.25, 0.3) is 15.9 Å². The number of carbonyl (C=O) groups is 1. The van der Waals surface area contributed by atoms with E-state index in [1.807, 2.05) is 44.3 Å². The maximum Gasteiger partial charge on any atom is 0.268 e. The lowest BCUT2D eigenvalue weighted by Crippen LogP contribution is -2.32. The van der Waals surface area contributed by atoms with Gasteiger partial charge < -0.3 is 10.1 Å². The van der Waals surface area contributed by atoms with Gasteiger partial charge >= 0.3 is 0 Å². The second-order valence-electron chi connectivity index (χ2n) is 9.53. The first-order chi connectivity index (χ1) is 17.5. The van der Waals surface area contributed by atoms with E-state index < -0.39 is 10.0 Å². The van der Waals surface area contributed by atoms with Crippen LogP contribution in [0.5, 0.6) is 0 Å². The molecule has 0 atom stereocenters. The lowest BCUT2D eigenvalue weighted by molar-refractivity contribution is 0.0642. The second-order valence-corrected chi connectivity index (χ2v) is 11.3. The van der Waals surface area contributed by atoms with E-state index in [4.69, 9.17) is 4.74 Å². The van der Waals surface area contributed by atoms with E-state index in [2.05, 4.69) is 5.32 Å². The van der Waals surface area contributed by atoms with Crippen LogP contribution in [0.25, 0.3) is 10.9 Å². The summed E-state index contributed by atoms with van der Waals surface area (Å²) in [6.07, 6.45) is 9.56. The highest BCUT2D eigenvalue weighted by molar-refractivity contribution is 7.90. The van der Waals surface area contributed by atoms with E-state index >= 15 is 0 Å². The molecule has 0 unspecified atom stereocenters. The van der Waals surface area contributed by atoms with Crippen LogP contribution in [0.15, 0.2) is 59.6 Å². The minimum absolute atomic E-state index is 0.179. The average molecular weight is 511 g/mol. The van der Waals surface area contributed by atoms with Crippen LogP contribution < -0.4 is 5.32 Å². The second kappa shape index (κ2) is 12.1.